The van der Waals surface area contributed by atoms with Gasteiger partial charge < -0.3 is 5.11 Å². The number of hydrogen-bond donors (Lipinski definition) is 2. The molecule has 5 heteroatoms. The van der Waals surface area contributed by atoms with E-state index >= 15 is 0 Å². The van der Waals surface area contributed by atoms with Gasteiger partial charge in [0.05, 0.1) is 6.26 Å². The average molecular weight is 181 g/mol. The first-order valence-electron chi connectivity index (χ1n) is 3.62. The summed E-state index contributed by atoms with van der Waals surface area (Å²) in [6, 6.07) is 0. The van der Waals surface area contributed by atoms with Gasteiger partial charge >= 0.3 is 0 Å². The molecule has 0 aromatic heterocycles. The van der Waals surface area contributed by atoms with Crippen molar-refractivity contribution in [3.63, 3.8) is 0 Å². The van der Waals surface area contributed by atoms with Crippen LogP contribution in [0.2, 0.25) is 0 Å². The van der Waals surface area contributed by atoms with Gasteiger partial charge in [0.15, 0.2) is 0 Å². The first-order valence-corrected chi connectivity index (χ1v) is 5.51. The van der Waals surface area contributed by atoms with Crippen LogP contribution in [0.3, 0.4) is 0 Å². The second-order valence-electron chi connectivity index (χ2n) is 2.45. The molecule has 0 bridgehead atoms. The zero-order valence-electron chi connectivity index (χ0n) is 6.71. The second kappa shape index (κ2) is 5.51. The molecule has 0 aliphatic rings. The van der Waals surface area contributed by atoms with E-state index < -0.39 is 10.0 Å². The molecule has 0 aromatic rings. The fourth-order valence-corrected chi connectivity index (χ4v) is 1.19. The van der Waals surface area contributed by atoms with Gasteiger partial charge in [-0.15, -0.1) is 0 Å². The summed E-state index contributed by atoms with van der Waals surface area (Å²) in [6.45, 7) is 0.651. The molecule has 0 rings (SSSR count). The summed E-state index contributed by atoms with van der Waals surface area (Å²) in [7, 11) is -3.02. The highest BCUT2D eigenvalue weighted by molar-refractivity contribution is 7.88. The number of hydrogen-bond acceptors (Lipinski definition) is 3. The van der Waals surface area contributed by atoms with Gasteiger partial charge in [0.25, 0.3) is 0 Å². The van der Waals surface area contributed by atoms with Crippen LogP contribution in [0.25, 0.3) is 0 Å². The van der Waals surface area contributed by atoms with Crippen LogP contribution in [-0.2, 0) is 10.0 Å². The summed E-state index contributed by atoms with van der Waals surface area (Å²) >= 11 is 0. The summed E-state index contributed by atoms with van der Waals surface area (Å²) in [5.41, 5.74) is 0. The standard InChI is InChI=1S/C6H15NO3S/c1-11(9,10)7-5-3-2-4-6-8/h7-8H,2-6H2,1H3. The van der Waals surface area contributed by atoms with Crippen LogP contribution in [0.15, 0.2) is 0 Å². The quantitative estimate of drug-likeness (QED) is 0.553. The third-order valence-electron chi connectivity index (χ3n) is 1.20. The topological polar surface area (TPSA) is 66.4 Å². The minimum atomic E-state index is -3.02. The maximum atomic E-state index is 10.5. The van der Waals surface area contributed by atoms with Gasteiger partial charge in [-0.05, 0) is 19.3 Å². The van der Waals surface area contributed by atoms with E-state index in [1.54, 1.807) is 0 Å². The first-order chi connectivity index (χ1) is 5.06. The first kappa shape index (κ1) is 10.9. The summed E-state index contributed by atoms with van der Waals surface area (Å²) in [6.07, 6.45) is 3.52. The second-order valence-corrected chi connectivity index (χ2v) is 4.28. The Morgan fingerprint density at radius 3 is 2.36 bits per heavy atom. The van der Waals surface area contributed by atoms with Gasteiger partial charge in [-0.1, -0.05) is 0 Å². The van der Waals surface area contributed by atoms with E-state index in [1.165, 1.54) is 0 Å². The fourth-order valence-electron chi connectivity index (χ4n) is 0.671. The smallest absolute Gasteiger partial charge is 0.208 e. The van der Waals surface area contributed by atoms with Gasteiger partial charge in [-0.2, -0.15) is 0 Å². The van der Waals surface area contributed by atoms with Crippen LogP contribution in [0, 0.1) is 0 Å². The average Bonchev–Trinajstić information content (AvgIpc) is 1.85. The zero-order valence-corrected chi connectivity index (χ0v) is 7.52. The Bertz CT molecular complexity index is 176. The van der Waals surface area contributed by atoms with Crippen LogP contribution in [0.5, 0.6) is 0 Å². The molecule has 2 N–H and O–H groups in total. The number of rotatable bonds is 6. The molecule has 0 heterocycles. The van der Waals surface area contributed by atoms with Gasteiger partial charge in [-0.25, -0.2) is 13.1 Å². The third-order valence-corrected chi connectivity index (χ3v) is 1.93. The van der Waals surface area contributed by atoms with Crippen LogP contribution < -0.4 is 4.72 Å². The van der Waals surface area contributed by atoms with Crippen LogP contribution in [0.4, 0.5) is 0 Å². The van der Waals surface area contributed by atoms with Crippen LogP contribution in [-0.4, -0.2) is 32.9 Å². The monoisotopic (exact) mass is 181 g/mol. The minimum absolute atomic E-state index is 0.179. The third kappa shape index (κ3) is 9.87. The molecule has 0 aromatic carbocycles. The van der Waals surface area contributed by atoms with Crippen molar-refractivity contribution >= 4 is 10.0 Å². The van der Waals surface area contributed by atoms with E-state index in [2.05, 4.69) is 4.72 Å². The van der Waals surface area contributed by atoms with E-state index in [0.717, 1.165) is 25.5 Å². The number of unbranched alkanes of at least 4 members (excludes halogenated alkanes) is 2. The molecule has 0 radical (unpaired) electrons. The van der Waals surface area contributed by atoms with Gasteiger partial charge in [-0.3, -0.25) is 0 Å². The van der Waals surface area contributed by atoms with Crippen molar-refractivity contribution < 1.29 is 13.5 Å². The van der Waals surface area contributed by atoms with E-state index in [9.17, 15) is 8.42 Å². The molecular weight excluding hydrogens is 166 g/mol. The lowest BCUT2D eigenvalue weighted by Crippen LogP contribution is -2.22. The van der Waals surface area contributed by atoms with Gasteiger partial charge in [0.1, 0.15) is 0 Å². The van der Waals surface area contributed by atoms with Crippen LogP contribution >= 0.6 is 0 Å². The lowest BCUT2D eigenvalue weighted by Gasteiger charge is -2.00. The van der Waals surface area contributed by atoms with E-state index in [1.807, 2.05) is 0 Å². The predicted octanol–water partition coefficient (Wildman–Crippen LogP) is -0.302. The minimum Gasteiger partial charge on any atom is -0.396 e. The molecule has 0 saturated heterocycles. The highest BCUT2D eigenvalue weighted by Gasteiger charge is 1.97. The van der Waals surface area contributed by atoms with Crippen LogP contribution in [0.1, 0.15) is 19.3 Å². The maximum absolute atomic E-state index is 10.5. The Morgan fingerprint density at radius 1 is 1.27 bits per heavy atom. The maximum Gasteiger partial charge on any atom is 0.208 e. The lowest BCUT2D eigenvalue weighted by atomic mass is 10.2. The molecule has 0 unspecified atom stereocenters. The Kier molecular flexibility index (Phi) is 5.45. The SMILES string of the molecule is CS(=O)(=O)NCCCCCO. The highest BCUT2D eigenvalue weighted by Crippen LogP contribution is 1.92. The van der Waals surface area contributed by atoms with Crippen molar-refractivity contribution in [1.29, 1.82) is 0 Å². The largest absolute Gasteiger partial charge is 0.396 e. The number of nitrogens with one attached hydrogen (secondary N) is 1. The summed E-state index contributed by atoms with van der Waals surface area (Å²) < 4.78 is 23.4. The molecule has 68 valence electrons. The van der Waals surface area contributed by atoms with Crippen molar-refractivity contribution in [2.24, 2.45) is 0 Å². The van der Waals surface area contributed by atoms with Crippen molar-refractivity contribution in [3.05, 3.63) is 0 Å². The summed E-state index contributed by atoms with van der Waals surface area (Å²) in [5, 5.41) is 8.39. The fraction of sp³-hybridized carbons (Fsp3) is 1.00. The molecule has 11 heavy (non-hydrogen) atoms. The molecule has 4 nitrogen and oxygen atoms in total. The van der Waals surface area contributed by atoms with Gasteiger partial charge in [0, 0.05) is 13.2 Å². The molecule has 0 aliphatic carbocycles. The predicted molar refractivity (Wildman–Crippen MR) is 43.8 cm³/mol. The highest BCUT2D eigenvalue weighted by atomic mass is 32.2. The Labute approximate surface area is 67.7 Å². The molecule has 0 spiro atoms. The zero-order chi connectivity index (χ0) is 8.74. The molecule has 0 aliphatic heterocycles. The van der Waals surface area contributed by atoms with E-state index in [0.29, 0.717) is 6.54 Å². The van der Waals surface area contributed by atoms with E-state index in [4.69, 9.17) is 5.11 Å². The van der Waals surface area contributed by atoms with Crippen molar-refractivity contribution in [3.8, 4) is 0 Å². The summed E-state index contributed by atoms with van der Waals surface area (Å²) in [4.78, 5) is 0. The Morgan fingerprint density at radius 2 is 1.91 bits per heavy atom. The molecular formula is C6H15NO3S. The summed E-state index contributed by atoms with van der Waals surface area (Å²) in [5.74, 6) is 0. The molecule has 0 fully saturated rings. The van der Waals surface area contributed by atoms with Gasteiger partial charge in [0.2, 0.25) is 10.0 Å². The van der Waals surface area contributed by atoms with E-state index in [-0.39, 0.29) is 6.61 Å². The van der Waals surface area contributed by atoms with Crippen molar-refractivity contribution in [2.75, 3.05) is 19.4 Å². The van der Waals surface area contributed by atoms with Crippen molar-refractivity contribution in [2.45, 2.75) is 19.3 Å². The number of sulfonamides is 1. The Balaban J connectivity index is 3.16. The molecule has 0 amide bonds. The lowest BCUT2D eigenvalue weighted by molar-refractivity contribution is 0.283. The number of aliphatic hydroxyl groups excluding tert-OH is 1. The number of aliphatic hydroxyl groups is 1. The molecule has 0 atom stereocenters. The molecule has 0 saturated carbocycles. The Hall–Kier alpha value is -0.130. The normalized spacial score (nSPS) is 11.8. The van der Waals surface area contributed by atoms with Crippen molar-refractivity contribution in [1.82, 2.24) is 4.72 Å².